The minimum atomic E-state index is -0.273. The molecule has 2 heterocycles. The molecule has 0 radical (unpaired) electrons. The highest BCUT2D eigenvalue weighted by Gasteiger charge is 2.33. The Balaban J connectivity index is 1.78. The molecule has 0 unspecified atom stereocenters. The summed E-state index contributed by atoms with van der Waals surface area (Å²) in [5.41, 5.74) is 0.594. The Bertz CT molecular complexity index is 618. The molecule has 0 bridgehead atoms. The summed E-state index contributed by atoms with van der Waals surface area (Å²) in [6.45, 7) is 3.75. The second kappa shape index (κ2) is 5.37. The van der Waals surface area contributed by atoms with Crippen molar-refractivity contribution in [1.82, 2.24) is 20.6 Å². The van der Waals surface area contributed by atoms with Crippen molar-refractivity contribution in [3.05, 3.63) is 35.6 Å². The number of Topliss-reactive ketones (excluding diaryl/α,β-unsaturated/α-hetero) is 1. The number of fused-ring (bicyclic) bond motifs is 1. The molecule has 1 fully saturated rings. The van der Waals surface area contributed by atoms with Gasteiger partial charge in [-0.3, -0.25) is 9.59 Å². The minimum absolute atomic E-state index is 0.00676. The zero-order chi connectivity index (χ0) is 14.9. The van der Waals surface area contributed by atoms with Crippen LogP contribution in [-0.2, 0) is 0 Å². The zero-order valence-electron chi connectivity index (χ0n) is 12.0. The van der Waals surface area contributed by atoms with Gasteiger partial charge in [0.2, 0.25) is 11.6 Å². The van der Waals surface area contributed by atoms with Crippen LogP contribution in [0.2, 0.25) is 0 Å². The molecule has 1 saturated heterocycles. The molecular weight excluding hydrogens is 268 g/mol. The average molecular weight is 286 g/mol. The predicted molar refractivity (Wildman–Crippen MR) is 77.0 cm³/mol. The lowest BCUT2D eigenvalue weighted by molar-refractivity contribution is 0.0969. The number of hydrogen-bond donors (Lipinski definition) is 2. The molecule has 3 rings (SSSR count). The Morgan fingerprint density at radius 2 is 2.05 bits per heavy atom. The molecule has 0 saturated carbocycles. The van der Waals surface area contributed by atoms with Gasteiger partial charge in [-0.05, 0) is 25.8 Å². The fraction of sp³-hybridized carbons (Fsp3) is 0.467. The number of nitrogens with zero attached hydrogens (tertiary/aromatic N) is 2. The van der Waals surface area contributed by atoms with E-state index in [2.05, 4.69) is 27.5 Å². The number of rotatable bonds is 4. The largest absolute Gasteiger partial charge is 0.380 e. The lowest BCUT2D eigenvalue weighted by atomic mass is 9.93. The molecule has 0 amide bonds. The number of nitrogens with one attached hydrogen (secondary N) is 2. The van der Waals surface area contributed by atoms with Gasteiger partial charge in [0.25, 0.3) is 0 Å². The molecule has 21 heavy (non-hydrogen) atoms. The summed E-state index contributed by atoms with van der Waals surface area (Å²) in [6, 6.07) is 0. The van der Waals surface area contributed by atoms with Crippen LogP contribution >= 0.6 is 0 Å². The zero-order valence-corrected chi connectivity index (χ0v) is 12.0. The molecule has 110 valence electrons. The predicted octanol–water partition coefficient (Wildman–Crippen LogP) is 0.861. The Labute approximate surface area is 123 Å². The Kier molecular flexibility index (Phi) is 3.55. The summed E-state index contributed by atoms with van der Waals surface area (Å²) in [5, 5.41) is 6.63. The van der Waals surface area contributed by atoms with Crippen LogP contribution < -0.4 is 10.6 Å². The summed E-state index contributed by atoms with van der Waals surface area (Å²) in [7, 11) is 0. The molecular formula is C15H18N4O2. The number of hydrogen-bond acceptors (Lipinski definition) is 6. The van der Waals surface area contributed by atoms with Crippen molar-refractivity contribution in [3.8, 4) is 0 Å². The summed E-state index contributed by atoms with van der Waals surface area (Å²) >= 11 is 0. The van der Waals surface area contributed by atoms with Gasteiger partial charge in [-0.15, -0.1) is 0 Å². The van der Waals surface area contributed by atoms with E-state index < -0.39 is 0 Å². The molecule has 1 aliphatic carbocycles. The lowest BCUT2D eigenvalue weighted by Crippen LogP contribution is -2.48. The van der Waals surface area contributed by atoms with E-state index in [0.717, 1.165) is 25.8 Å². The van der Waals surface area contributed by atoms with E-state index in [1.807, 2.05) is 0 Å². The smallest absolute Gasteiger partial charge is 0.229 e. The maximum absolute atomic E-state index is 12.4. The maximum Gasteiger partial charge on any atom is 0.229 e. The highest BCUT2D eigenvalue weighted by molar-refractivity contribution is 6.22. The van der Waals surface area contributed by atoms with Crippen molar-refractivity contribution in [2.45, 2.75) is 31.7 Å². The van der Waals surface area contributed by atoms with E-state index in [0.29, 0.717) is 12.2 Å². The van der Waals surface area contributed by atoms with E-state index >= 15 is 0 Å². The van der Waals surface area contributed by atoms with Crippen LogP contribution in [0.1, 0.15) is 47.2 Å². The lowest BCUT2D eigenvalue weighted by Gasteiger charge is -2.29. The quantitative estimate of drug-likeness (QED) is 0.854. The Morgan fingerprint density at radius 1 is 1.29 bits per heavy atom. The molecule has 6 nitrogen and oxygen atoms in total. The summed E-state index contributed by atoms with van der Waals surface area (Å²) < 4.78 is 0. The van der Waals surface area contributed by atoms with Crippen molar-refractivity contribution in [2.24, 2.45) is 0 Å². The summed E-state index contributed by atoms with van der Waals surface area (Å²) in [4.78, 5) is 32.3. The van der Waals surface area contributed by atoms with Gasteiger partial charge in [0.15, 0.2) is 0 Å². The van der Waals surface area contributed by atoms with Crippen LogP contribution in [0.3, 0.4) is 0 Å². The van der Waals surface area contributed by atoms with Crippen LogP contribution in [-0.4, -0.2) is 40.2 Å². The molecule has 1 aromatic heterocycles. The highest BCUT2D eigenvalue weighted by atomic mass is 16.1. The Morgan fingerprint density at radius 3 is 2.71 bits per heavy atom. The van der Waals surface area contributed by atoms with Crippen molar-refractivity contribution in [3.63, 3.8) is 0 Å². The minimum Gasteiger partial charge on any atom is -0.380 e. The Hall–Kier alpha value is -2.08. The topological polar surface area (TPSA) is 84.0 Å². The first-order chi connectivity index (χ1) is 10.2. The monoisotopic (exact) mass is 286 g/mol. The van der Waals surface area contributed by atoms with Gasteiger partial charge in [-0.25, -0.2) is 9.97 Å². The third-order valence-corrected chi connectivity index (χ3v) is 4.29. The molecule has 1 atom stereocenters. The van der Waals surface area contributed by atoms with Crippen molar-refractivity contribution in [1.29, 1.82) is 0 Å². The summed E-state index contributed by atoms with van der Waals surface area (Å²) in [6.07, 6.45) is 7.37. The average Bonchev–Trinajstić information content (AvgIpc) is 2.99. The summed E-state index contributed by atoms with van der Waals surface area (Å²) in [5.74, 6) is -0.535. The van der Waals surface area contributed by atoms with Crippen molar-refractivity contribution in [2.75, 3.05) is 13.1 Å². The molecule has 1 aromatic rings. The van der Waals surface area contributed by atoms with Gasteiger partial charge < -0.3 is 10.6 Å². The number of aromatic nitrogens is 2. The van der Waals surface area contributed by atoms with Gasteiger partial charge in [-0.2, -0.15) is 0 Å². The van der Waals surface area contributed by atoms with Gasteiger partial charge in [-0.1, -0.05) is 6.92 Å². The van der Waals surface area contributed by atoms with Gasteiger partial charge in [0.05, 0.1) is 5.70 Å². The SMILES string of the molecule is CC[C@@]1(CNC2=CC(=O)c3nccnc3C2=O)CCCN1. The van der Waals surface area contributed by atoms with Crippen LogP contribution in [0.25, 0.3) is 0 Å². The van der Waals surface area contributed by atoms with Crippen molar-refractivity contribution < 1.29 is 9.59 Å². The van der Waals surface area contributed by atoms with Gasteiger partial charge in [0.1, 0.15) is 11.4 Å². The standard InChI is InChI=1S/C15H18N4O2/c1-2-15(4-3-5-19-15)9-18-10-8-11(20)12-13(14(10)21)17-7-6-16-12/h6-8,18-19H,2-5,9H2,1H3/t15-/m0/s1. The fourth-order valence-electron chi connectivity index (χ4n) is 2.92. The van der Waals surface area contributed by atoms with Gasteiger partial charge >= 0.3 is 0 Å². The van der Waals surface area contributed by atoms with Gasteiger partial charge in [0, 0.05) is 30.6 Å². The van der Waals surface area contributed by atoms with Crippen LogP contribution in [0, 0.1) is 0 Å². The molecule has 6 heteroatoms. The highest BCUT2D eigenvalue weighted by Crippen LogP contribution is 2.23. The third kappa shape index (κ3) is 2.47. The number of ketones is 2. The van der Waals surface area contributed by atoms with Crippen LogP contribution in [0.4, 0.5) is 0 Å². The number of carbonyl (C=O) groups excluding carboxylic acids is 2. The van der Waals surface area contributed by atoms with E-state index in [-0.39, 0.29) is 28.5 Å². The van der Waals surface area contributed by atoms with Crippen LogP contribution in [0.5, 0.6) is 0 Å². The molecule has 0 aromatic carbocycles. The van der Waals surface area contributed by atoms with E-state index in [4.69, 9.17) is 0 Å². The third-order valence-electron chi connectivity index (χ3n) is 4.29. The first kappa shape index (κ1) is 13.9. The molecule has 1 aliphatic heterocycles. The van der Waals surface area contributed by atoms with Crippen LogP contribution in [0.15, 0.2) is 24.2 Å². The maximum atomic E-state index is 12.4. The van der Waals surface area contributed by atoms with E-state index in [9.17, 15) is 9.59 Å². The number of carbonyl (C=O) groups is 2. The second-order valence-electron chi connectivity index (χ2n) is 5.52. The first-order valence-electron chi connectivity index (χ1n) is 7.26. The second-order valence-corrected chi connectivity index (χ2v) is 5.52. The molecule has 2 N–H and O–H groups in total. The van der Waals surface area contributed by atoms with E-state index in [1.165, 1.54) is 18.5 Å². The fourth-order valence-corrected chi connectivity index (χ4v) is 2.92. The first-order valence-corrected chi connectivity index (χ1v) is 7.26. The normalized spacial score (nSPS) is 24.7. The number of allylic oxidation sites excluding steroid dienone is 2. The molecule has 0 spiro atoms. The van der Waals surface area contributed by atoms with E-state index in [1.54, 1.807) is 0 Å². The molecule has 2 aliphatic rings. The van der Waals surface area contributed by atoms with Crippen molar-refractivity contribution >= 4 is 11.6 Å².